The van der Waals surface area contributed by atoms with Gasteiger partial charge in [-0.1, -0.05) is 12.1 Å². The van der Waals surface area contributed by atoms with E-state index in [2.05, 4.69) is 4.98 Å². The fraction of sp³-hybridized carbons (Fsp3) is 0.214. The van der Waals surface area contributed by atoms with Crippen LogP contribution in [0.5, 0.6) is 0 Å². The normalized spacial score (nSPS) is 11.1. The second-order valence-electron chi connectivity index (χ2n) is 4.34. The standard InChI is InChI=1S/C14H13N3O3/c1-2-20-13(18)8-16-12-7-15-9-17(12)11-6-4-3-5-10(11)14(16)19/h3-7,9H,2,8H2,1H3. The van der Waals surface area contributed by atoms with Gasteiger partial charge in [0.1, 0.15) is 18.5 Å². The Bertz CT molecular complexity index is 848. The van der Waals surface area contributed by atoms with Crippen LogP contribution in [0.25, 0.3) is 16.6 Å². The number of carbonyl (C=O) groups is 1. The summed E-state index contributed by atoms with van der Waals surface area (Å²) in [7, 11) is 0. The smallest absolute Gasteiger partial charge is 0.326 e. The van der Waals surface area contributed by atoms with E-state index >= 15 is 0 Å². The Balaban J connectivity index is 2.28. The number of fused-ring (bicyclic) bond motifs is 3. The number of benzene rings is 1. The van der Waals surface area contributed by atoms with Crippen molar-refractivity contribution >= 4 is 22.5 Å². The number of aromatic nitrogens is 3. The Morgan fingerprint density at radius 2 is 2.15 bits per heavy atom. The fourth-order valence-electron chi connectivity index (χ4n) is 2.28. The van der Waals surface area contributed by atoms with Crippen LogP contribution in [0.2, 0.25) is 0 Å². The minimum Gasteiger partial charge on any atom is -0.465 e. The molecule has 20 heavy (non-hydrogen) atoms. The zero-order valence-corrected chi connectivity index (χ0v) is 10.9. The van der Waals surface area contributed by atoms with E-state index in [9.17, 15) is 9.59 Å². The van der Waals surface area contributed by atoms with Crippen LogP contribution in [0.4, 0.5) is 0 Å². The second-order valence-corrected chi connectivity index (χ2v) is 4.34. The number of rotatable bonds is 3. The average molecular weight is 271 g/mol. The summed E-state index contributed by atoms with van der Waals surface area (Å²) >= 11 is 0. The zero-order valence-electron chi connectivity index (χ0n) is 10.9. The van der Waals surface area contributed by atoms with E-state index in [1.165, 1.54) is 4.57 Å². The maximum absolute atomic E-state index is 12.5. The van der Waals surface area contributed by atoms with E-state index < -0.39 is 5.97 Å². The molecule has 102 valence electrons. The molecule has 0 atom stereocenters. The minimum atomic E-state index is -0.437. The molecule has 0 N–H and O–H groups in total. The van der Waals surface area contributed by atoms with Gasteiger partial charge in [0.2, 0.25) is 0 Å². The Morgan fingerprint density at radius 1 is 1.35 bits per heavy atom. The molecule has 0 aliphatic rings. The monoisotopic (exact) mass is 271 g/mol. The molecule has 0 radical (unpaired) electrons. The quantitative estimate of drug-likeness (QED) is 0.672. The highest BCUT2D eigenvalue weighted by Crippen LogP contribution is 2.13. The van der Waals surface area contributed by atoms with Gasteiger partial charge < -0.3 is 4.74 Å². The zero-order chi connectivity index (χ0) is 14.1. The van der Waals surface area contributed by atoms with Crippen LogP contribution in [0.3, 0.4) is 0 Å². The Kier molecular flexibility index (Phi) is 2.98. The number of nitrogens with zero attached hydrogens (tertiary/aromatic N) is 3. The molecule has 6 heteroatoms. The molecular formula is C14H13N3O3. The summed E-state index contributed by atoms with van der Waals surface area (Å²) in [5.74, 6) is -0.437. The maximum Gasteiger partial charge on any atom is 0.326 e. The predicted octanol–water partition coefficient (Wildman–Crippen LogP) is 1.21. The number of hydrogen-bond acceptors (Lipinski definition) is 4. The van der Waals surface area contributed by atoms with Crippen molar-refractivity contribution in [2.45, 2.75) is 13.5 Å². The second kappa shape index (κ2) is 4.80. The first-order valence-electron chi connectivity index (χ1n) is 6.31. The first-order valence-corrected chi connectivity index (χ1v) is 6.31. The third kappa shape index (κ3) is 1.85. The van der Waals surface area contributed by atoms with E-state index in [0.717, 1.165) is 5.52 Å². The van der Waals surface area contributed by atoms with E-state index in [0.29, 0.717) is 11.0 Å². The molecule has 0 unspecified atom stereocenters. The average Bonchev–Trinajstić information content (AvgIpc) is 2.93. The van der Waals surface area contributed by atoms with Gasteiger partial charge in [-0.3, -0.25) is 18.6 Å². The van der Waals surface area contributed by atoms with Gasteiger partial charge in [0, 0.05) is 0 Å². The summed E-state index contributed by atoms with van der Waals surface area (Å²) in [6.07, 6.45) is 3.19. The highest BCUT2D eigenvalue weighted by atomic mass is 16.5. The van der Waals surface area contributed by atoms with Crippen molar-refractivity contribution in [1.82, 2.24) is 14.0 Å². The Hall–Kier alpha value is -2.63. The first-order chi connectivity index (χ1) is 9.72. The van der Waals surface area contributed by atoms with Crippen molar-refractivity contribution in [2.24, 2.45) is 0 Å². The van der Waals surface area contributed by atoms with Crippen molar-refractivity contribution in [3.8, 4) is 0 Å². The molecule has 1 aromatic carbocycles. The summed E-state index contributed by atoms with van der Waals surface area (Å²) < 4.78 is 8.08. The lowest BCUT2D eigenvalue weighted by Gasteiger charge is -2.10. The number of para-hydroxylation sites is 1. The van der Waals surface area contributed by atoms with Crippen LogP contribution in [-0.2, 0) is 16.1 Å². The Labute approximate surface area is 114 Å². The largest absolute Gasteiger partial charge is 0.465 e. The molecule has 0 saturated carbocycles. The molecule has 2 aromatic heterocycles. The highest BCUT2D eigenvalue weighted by molar-refractivity contribution is 5.81. The first kappa shape index (κ1) is 12.4. The summed E-state index contributed by atoms with van der Waals surface area (Å²) in [6.45, 7) is 1.90. The number of hydrogen-bond donors (Lipinski definition) is 0. The van der Waals surface area contributed by atoms with Gasteiger partial charge in [-0.25, -0.2) is 4.98 Å². The van der Waals surface area contributed by atoms with Crippen LogP contribution in [0, 0.1) is 0 Å². The molecule has 6 nitrogen and oxygen atoms in total. The van der Waals surface area contributed by atoms with E-state index in [-0.39, 0.29) is 18.7 Å². The van der Waals surface area contributed by atoms with E-state index in [4.69, 9.17) is 4.74 Å². The van der Waals surface area contributed by atoms with Gasteiger partial charge in [-0.05, 0) is 19.1 Å². The van der Waals surface area contributed by atoms with Gasteiger partial charge in [-0.2, -0.15) is 0 Å². The van der Waals surface area contributed by atoms with Crippen LogP contribution in [0.15, 0.2) is 41.6 Å². The van der Waals surface area contributed by atoms with Crippen LogP contribution in [0.1, 0.15) is 6.92 Å². The molecule has 0 saturated heterocycles. The molecule has 2 heterocycles. The molecular weight excluding hydrogens is 258 g/mol. The molecule has 0 spiro atoms. The molecule has 3 aromatic rings. The topological polar surface area (TPSA) is 65.6 Å². The van der Waals surface area contributed by atoms with E-state index in [1.807, 2.05) is 12.1 Å². The minimum absolute atomic E-state index is 0.118. The van der Waals surface area contributed by atoms with Gasteiger partial charge in [0.05, 0.1) is 23.7 Å². The van der Waals surface area contributed by atoms with Crippen molar-refractivity contribution in [3.05, 3.63) is 47.1 Å². The predicted molar refractivity (Wildman–Crippen MR) is 73.6 cm³/mol. The third-order valence-electron chi connectivity index (χ3n) is 3.13. The van der Waals surface area contributed by atoms with Crippen molar-refractivity contribution < 1.29 is 9.53 Å². The fourth-order valence-corrected chi connectivity index (χ4v) is 2.28. The summed E-state index contributed by atoms with van der Waals surface area (Å²) in [6, 6.07) is 7.23. The van der Waals surface area contributed by atoms with Gasteiger partial charge in [0.25, 0.3) is 5.56 Å². The van der Waals surface area contributed by atoms with Gasteiger partial charge >= 0.3 is 5.97 Å². The number of esters is 1. The molecule has 0 aliphatic heterocycles. The number of ether oxygens (including phenoxy) is 1. The third-order valence-corrected chi connectivity index (χ3v) is 3.13. The number of carbonyl (C=O) groups excluding carboxylic acids is 1. The summed E-state index contributed by atoms with van der Waals surface area (Å²) in [5.41, 5.74) is 1.12. The molecule has 3 rings (SSSR count). The van der Waals surface area contributed by atoms with Crippen LogP contribution >= 0.6 is 0 Å². The highest BCUT2D eigenvalue weighted by Gasteiger charge is 2.13. The van der Waals surface area contributed by atoms with Crippen LogP contribution < -0.4 is 5.56 Å². The molecule has 0 amide bonds. The lowest BCUT2D eigenvalue weighted by Crippen LogP contribution is -2.27. The summed E-state index contributed by atoms with van der Waals surface area (Å²) in [5, 5.41) is 0.544. The van der Waals surface area contributed by atoms with Gasteiger partial charge in [0.15, 0.2) is 0 Å². The Morgan fingerprint density at radius 3 is 2.95 bits per heavy atom. The maximum atomic E-state index is 12.5. The van der Waals surface area contributed by atoms with Crippen molar-refractivity contribution in [2.75, 3.05) is 6.61 Å². The van der Waals surface area contributed by atoms with Crippen LogP contribution in [-0.4, -0.2) is 26.5 Å². The van der Waals surface area contributed by atoms with Gasteiger partial charge in [-0.15, -0.1) is 0 Å². The molecule has 0 bridgehead atoms. The van der Waals surface area contributed by atoms with Crippen molar-refractivity contribution in [3.63, 3.8) is 0 Å². The lowest BCUT2D eigenvalue weighted by atomic mass is 10.2. The summed E-state index contributed by atoms with van der Waals surface area (Å²) in [4.78, 5) is 28.2. The molecule has 0 fully saturated rings. The SMILES string of the molecule is CCOC(=O)Cn1c(=O)c2ccccc2n2cncc12. The van der Waals surface area contributed by atoms with Crippen molar-refractivity contribution in [1.29, 1.82) is 0 Å². The molecule has 0 aliphatic carbocycles. The van der Waals surface area contributed by atoms with E-state index in [1.54, 1.807) is 36.0 Å². The number of imidazole rings is 1. The lowest BCUT2D eigenvalue weighted by molar-refractivity contribution is -0.143.